The summed E-state index contributed by atoms with van der Waals surface area (Å²) in [5.74, 6) is -1.23. The minimum atomic E-state index is -0.870. The Labute approximate surface area is 124 Å². The molecule has 5 heteroatoms. The van der Waals surface area contributed by atoms with Crippen molar-refractivity contribution in [3.63, 3.8) is 0 Å². The number of nitrogens with two attached hydrogens (primary N) is 1. The van der Waals surface area contributed by atoms with Crippen molar-refractivity contribution in [3.05, 3.63) is 35.4 Å². The van der Waals surface area contributed by atoms with Crippen LogP contribution in [-0.4, -0.2) is 23.4 Å². The first-order valence-corrected chi connectivity index (χ1v) is 7.36. The van der Waals surface area contributed by atoms with Crippen molar-refractivity contribution in [3.8, 4) is 0 Å². The summed E-state index contributed by atoms with van der Waals surface area (Å²) >= 11 is 0. The van der Waals surface area contributed by atoms with Crippen molar-refractivity contribution in [2.24, 2.45) is 5.73 Å². The summed E-state index contributed by atoms with van der Waals surface area (Å²) in [6.07, 6.45) is 4.24. The largest absolute Gasteiger partial charge is 0.337 e. The van der Waals surface area contributed by atoms with Gasteiger partial charge in [0.05, 0.1) is 11.6 Å². The molecule has 1 amide bonds. The molecular weight excluding hydrogens is 274 g/mol. The van der Waals surface area contributed by atoms with Gasteiger partial charge in [-0.3, -0.25) is 4.79 Å². The van der Waals surface area contributed by atoms with Crippen molar-refractivity contribution in [2.45, 2.75) is 50.6 Å². The van der Waals surface area contributed by atoms with Crippen molar-refractivity contribution in [2.75, 3.05) is 7.05 Å². The summed E-state index contributed by atoms with van der Waals surface area (Å²) in [6, 6.07) is 2.72. The Morgan fingerprint density at radius 2 is 1.90 bits per heavy atom. The van der Waals surface area contributed by atoms with Crippen molar-refractivity contribution in [1.29, 1.82) is 0 Å². The molecule has 0 aromatic heterocycles. The third-order valence-electron chi connectivity index (χ3n) is 4.48. The number of rotatable bonds is 3. The number of halogens is 2. The molecule has 21 heavy (non-hydrogen) atoms. The van der Waals surface area contributed by atoms with Crippen LogP contribution in [0.25, 0.3) is 0 Å². The fraction of sp³-hybridized carbons (Fsp3) is 0.562. The van der Waals surface area contributed by atoms with E-state index in [0.717, 1.165) is 37.5 Å². The van der Waals surface area contributed by atoms with Crippen LogP contribution in [-0.2, 0) is 4.79 Å². The van der Waals surface area contributed by atoms with Gasteiger partial charge in [-0.05, 0) is 38.0 Å². The zero-order valence-electron chi connectivity index (χ0n) is 12.5. The second-order valence-electron chi connectivity index (χ2n) is 5.97. The number of amides is 1. The predicted octanol–water partition coefficient (Wildman–Crippen LogP) is 3.15. The minimum Gasteiger partial charge on any atom is -0.337 e. The molecule has 1 aliphatic rings. The van der Waals surface area contributed by atoms with Crippen LogP contribution in [0.4, 0.5) is 8.78 Å². The number of benzene rings is 1. The summed E-state index contributed by atoms with van der Waals surface area (Å²) in [7, 11) is 1.60. The highest BCUT2D eigenvalue weighted by Crippen LogP contribution is 2.31. The lowest BCUT2D eigenvalue weighted by molar-refractivity contribution is -0.139. The number of hydrogen-bond acceptors (Lipinski definition) is 2. The van der Waals surface area contributed by atoms with E-state index in [2.05, 4.69) is 0 Å². The lowest BCUT2D eigenvalue weighted by Gasteiger charge is -2.37. The van der Waals surface area contributed by atoms with Crippen LogP contribution in [0.15, 0.2) is 18.2 Å². The molecule has 2 rings (SSSR count). The van der Waals surface area contributed by atoms with E-state index in [-0.39, 0.29) is 11.5 Å². The first kappa shape index (κ1) is 15.9. The number of carbonyl (C=O) groups excluding carboxylic acids is 1. The monoisotopic (exact) mass is 296 g/mol. The normalized spacial score (nSPS) is 19.1. The lowest BCUT2D eigenvalue weighted by atomic mass is 9.81. The Balaban J connectivity index is 2.20. The van der Waals surface area contributed by atoms with E-state index in [4.69, 9.17) is 5.73 Å². The number of likely N-dealkylation sites (N-methyl/N-ethyl adjacent to an activating group) is 1. The van der Waals surface area contributed by atoms with Gasteiger partial charge < -0.3 is 10.6 Å². The Bertz CT molecular complexity index is 527. The Morgan fingerprint density at radius 3 is 2.52 bits per heavy atom. The van der Waals surface area contributed by atoms with Crippen LogP contribution < -0.4 is 5.73 Å². The fourth-order valence-electron chi connectivity index (χ4n) is 2.97. The van der Waals surface area contributed by atoms with Gasteiger partial charge in [0.25, 0.3) is 0 Å². The molecule has 0 spiro atoms. The highest BCUT2D eigenvalue weighted by atomic mass is 19.1. The maximum atomic E-state index is 13.8. The van der Waals surface area contributed by atoms with Crippen LogP contribution in [0, 0.1) is 11.6 Å². The molecule has 1 unspecified atom stereocenters. The van der Waals surface area contributed by atoms with Crippen molar-refractivity contribution >= 4 is 5.91 Å². The van der Waals surface area contributed by atoms with Crippen LogP contribution >= 0.6 is 0 Å². The van der Waals surface area contributed by atoms with Gasteiger partial charge >= 0.3 is 0 Å². The topological polar surface area (TPSA) is 46.3 Å². The minimum absolute atomic E-state index is 0.172. The van der Waals surface area contributed by atoms with E-state index in [9.17, 15) is 13.6 Å². The lowest BCUT2D eigenvalue weighted by Crippen LogP contribution is -2.55. The van der Waals surface area contributed by atoms with E-state index >= 15 is 0 Å². The SMILES string of the molecule is CC(c1cc(F)ccc1F)N(C)C(=O)C1(N)CCCCC1. The summed E-state index contributed by atoms with van der Waals surface area (Å²) in [6.45, 7) is 1.68. The number of hydrogen-bond donors (Lipinski definition) is 1. The summed E-state index contributed by atoms with van der Waals surface area (Å²) in [5, 5.41) is 0. The summed E-state index contributed by atoms with van der Waals surface area (Å²) in [5.41, 5.74) is 5.53. The third kappa shape index (κ3) is 3.23. The quantitative estimate of drug-likeness (QED) is 0.931. The first-order valence-electron chi connectivity index (χ1n) is 7.36. The Morgan fingerprint density at radius 1 is 1.29 bits per heavy atom. The maximum absolute atomic E-state index is 13.8. The maximum Gasteiger partial charge on any atom is 0.242 e. The standard InChI is InChI=1S/C16H22F2N2O/c1-11(13-10-12(17)6-7-14(13)18)20(2)15(21)16(19)8-4-3-5-9-16/h6-7,10-11H,3-5,8-9,19H2,1-2H3. The summed E-state index contributed by atoms with van der Waals surface area (Å²) < 4.78 is 27.2. The molecule has 0 aliphatic heterocycles. The highest BCUT2D eigenvalue weighted by molar-refractivity contribution is 5.86. The molecule has 1 saturated carbocycles. The molecule has 1 aromatic rings. The molecule has 1 aromatic carbocycles. The average molecular weight is 296 g/mol. The molecule has 0 saturated heterocycles. The molecule has 0 bridgehead atoms. The Hall–Kier alpha value is -1.49. The van der Waals surface area contributed by atoms with Crippen LogP contribution in [0.3, 0.4) is 0 Å². The van der Waals surface area contributed by atoms with Gasteiger partial charge in [-0.1, -0.05) is 19.3 Å². The van der Waals surface area contributed by atoms with E-state index < -0.39 is 23.2 Å². The van der Waals surface area contributed by atoms with E-state index in [1.165, 1.54) is 4.90 Å². The number of nitrogens with zero attached hydrogens (tertiary/aromatic N) is 1. The van der Waals surface area contributed by atoms with Crippen LogP contribution in [0.1, 0.15) is 50.6 Å². The van der Waals surface area contributed by atoms with Crippen molar-refractivity contribution < 1.29 is 13.6 Å². The van der Waals surface area contributed by atoms with Gasteiger partial charge in [-0.2, -0.15) is 0 Å². The van der Waals surface area contributed by atoms with Crippen LogP contribution in [0.2, 0.25) is 0 Å². The highest BCUT2D eigenvalue weighted by Gasteiger charge is 2.38. The molecule has 116 valence electrons. The van der Waals surface area contributed by atoms with Gasteiger partial charge in [0, 0.05) is 12.6 Å². The summed E-state index contributed by atoms with van der Waals surface area (Å²) in [4.78, 5) is 14.0. The Kier molecular flexibility index (Phi) is 4.61. The molecular formula is C16H22F2N2O. The molecule has 0 radical (unpaired) electrons. The molecule has 3 nitrogen and oxygen atoms in total. The first-order chi connectivity index (χ1) is 9.85. The fourth-order valence-corrected chi connectivity index (χ4v) is 2.97. The third-order valence-corrected chi connectivity index (χ3v) is 4.48. The zero-order chi connectivity index (χ0) is 15.6. The molecule has 1 aliphatic carbocycles. The van der Waals surface area contributed by atoms with Gasteiger partial charge in [0.2, 0.25) is 5.91 Å². The molecule has 2 N–H and O–H groups in total. The predicted molar refractivity (Wildman–Crippen MR) is 77.5 cm³/mol. The molecule has 1 atom stereocenters. The second kappa shape index (κ2) is 6.10. The van der Waals surface area contributed by atoms with Gasteiger partial charge in [0.1, 0.15) is 11.6 Å². The van der Waals surface area contributed by atoms with E-state index in [1.54, 1.807) is 14.0 Å². The second-order valence-corrected chi connectivity index (χ2v) is 5.97. The van der Waals surface area contributed by atoms with Crippen LogP contribution in [0.5, 0.6) is 0 Å². The number of carbonyl (C=O) groups is 1. The zero-order valence-corrected chi connectivity index (χ0v) is 12.5. The van der Waals surface area contributed by atoms with E-state index in [0.29, 0.717) is 12.8 Å². The molecule has 0 heterocycles. The van der Waals surface area contributed by atoms with Crippen molar-refractivity contribution in [1.82, 2.24) is 4.90 Å². The van der Waals surface area contributed by atoms with Gasteiger partial charge in [0.15, 0.2) is 0 Å². The van der Waals surface area contributed by atoms with E-state index in [1.807, 2.05) is 0 Å². The average Bonchev–Trinajstić information content (AvgIpc) is 2.48. The smallest absolute Gasteiger partial charge is 0.242 e. The van der Waals surface area contributed by atoms with Gasteiger partial charge in [-0.15, -0.1) is 0 Å². The molecule has 1 fully saturated rings. The van der Waals surface area contributed by atoms with Gasteiger partial charge in [-0.25, -0.2) is 8.78 Å².